The van der Waals surface area contributed by atoms with Gasteiger partial charge in [0.1, 0.15) is 5.69 Å². The Labute approximate surface area is 76.7 Å². The Bertz CT molecular complexity index is 382. The lowest BCUT2D eigenvalue weighted by Crippen LogP contribution is -2.35. The number of alkyl halides is 3. The molecule has 0 saturated carbocycles. The van der Waals surface area contributed by atoms with E-state index in [0.717, 1.165) is 6.20 Å². The zero-order valence-electron chi connectivity index (χ0n) is 6.93. The molecule has 0 fully saturated rings. The summed E-state index contributed by atoms with van der Waals surface area (Å²) in [5, 5.41) is 5.49. The lowest BCUT2D eigenvalue weighted by atomic mass is 10.1. The van der Waals surface area contributed by atoms with Gasteiger partial charge in [-0.2, -0.15) is 9.78 Å². The molecule has 0 atom stereocenters. The van der Waals surface area contributed by atoms with Crippen molar-refractivity contribution in [2.75, 3.05) is 6.54 Å². The van der Waals surface area contributed by atoms with Gasteiger partial charge in [0.2, 0.25) is 0 Å². The number of nitrogens with one attached hydrogen (secondary N) is 1. The summed E-state index contributed by atoms with van der Waals surface area (Å²) in [6.45, 7) is 0.357. The van der Waals surface area contributed by atoms with Crippen LogP contribution in [0.5, 0.6) is 0 Å². The minimum Gasteiger partial charge on any atom is -0.350 e. The van der Waals surface area contributed by atoms with Gasteiger partial charge in [-0.1, -0.05) is 0 Å². The van der Waals surface area contributed by atoms with Gasteiger partial charge >= 0.3 is 6.30 Å². The van der Waals surface area contributed by atoms with Crippen molar-refractivity contribution in [3.05, 3.63) is 17.5 Å². The Balaban J connectivity index is 2.54. The molecule has 7 heteroatoms. The van der Waals surface area contributed by atoms with E-state index >= 15 is 0 Å². The molecule has 4 nitrogen and oxygen atoms in total. The third-order valence-corrected chi connectivity index (χ3v) is 1.98. The highest BCUT2D eigenvalue weighted by molar-refractivity contribution is 5.95. The van der Waals surface area contributed by atoms with E-state index in [-0.39, 0.29) is 4.68 Å². The van der Waals surface area contributed by atoms with Gasteiger partial charge in [-0.25, -0.2) is 0 Å². The lowest BCUT2D eigenvalue weighted by molar-refractivity contribution is -0.213. The topological polar surface area (TPSA) is 46.9 Å². The SMILES string of the molecule is O=C1NCCc2cnn(C(F)(F)F)c21. The van der Waals surface area contributed by atoms with Gasteiger partial charge in [-0.05, 0) is 6.42 Å². The summed E-state index contributed by atoms with van der Waals surface area (Å²) in [5.41, 5.74) is -0.0603. The smallest absolute Gasteiger partial charge is 0.350 e. The first kappa shape index (κ1) is 9.04. The lowest BCUT2D eigenvalue weighted by Gasteiger charge is -2.15. The average Bonchev–Trinajstić information content (AvgIpc) is 2.47. The van der Waals surface area contributed by atoms with Gasteiger partial charge < -0.3 is 5.32 Å². The Morgan fingerprint density at radius 1 is 1.50 bits per heavy atom. The molecule has 1 aliphatic rings. The van der Waals surface area contributed by atoms with Crippen LogP contribution >= 0.6 is 0 Å². The maximum absolute atomic E-state index is 12.3. The van der Waals surface area contributed by atoms with Gasteiger partial charge in [0.15, 0.2) is 0 Å². The van der Waals surface area contributed by atoms with Gasteiger partial charge in [-0.3, -0.25) is 4.79 Å². The minimum atomic E-state index is -4.64. The van der Waals surface area contributed by atoms with Gasteiger partial charge in [0.05, 0.1) is 6.20 Å². The monoisotopic (exact) mass is 205 g/mol. The number of nitrogens with zero attached hydrogens (tertiary/aromatic N) is 2. The van der Waals surface area contributed by atoms with Crippen LogP contribution in [0.4, 0.5) is 13.2 Å². The summed E-state index contributed by atoms with van der Waals surface area (Å²) in [5.74, 6) is -0.721. The highest BCUT2D eigenvalue weighted by atomic mass is 19.4. The maximum atomic E-state index is 12.3. The molecule has 1 N–H and O–H groups in total. The first-order valence-corrected chi connectivity index (χ1v) is 3.92. The predicted octanol–water partition coefficient (Wildman–Crippen LogP) is 0.645. The van der Waals surface area contributed by atoms with Crippen molar-refractivity contribution in [1.82, 2.24) is 15.1 Å². The van der Waals surface area contributed by atoms with E-state index in [4.69, 9.17) is 0 Å². The molecule has 0 bridgehead atoms. The number of carbonyl (C=O) groups excluding carboxylic acids is 1. The van der Waals surface area contributed by atoms with Crippen LogP contribution in [0.2, 0.25) is 0 Å². The summed E-state index contributed by atoms with van der Waals surface area (Å²) >= 11 is 0. The number of amides is 1. The molecule has 1 aromatic rings. The number of aromatic nitrogens is 2. The molecule has 1 aliphatic heterocycles. The molecule has 0 aromatic carbocycles. The summed E-state index contributed by atoms with van der Waals surface area (Å²) in [7, 11) is 0. The van der Waals surface area contributed by atoms with Gasteiger partial charge in [0, 0.05) is 12.1 Å². The summed E-state index contributed by atoms with van der Waals surface area (Å²) in [4.78, 5) is 11.1. The van der Waals surface area contributed by atoms with Crippen LogP contribution in [0.15, 0.2) is 6.20 Å². The third-order valence-electron chi connectivity index (χ3n) is 1.98. The number of hydrogen-bond donors (Lipinski definition) is 1. The van der Waals surface area contributed by atoms with Crippen molar-refractivity contribution in [2.24, 2.45) is 0 Å². The zero-order chi connectivity index (χ0) is 10.3. The second-order valence-electron chi connectivity index (χ2n) is 2.90. The average molecular weight is 205 g/mol. The highest BCUT2D eigenvalue weighted by Crippen LogP contribution is 2.26. The molecule has 2 heterocycles. The predicted molar refractivity (Wildman–Crippen MR) is 39.6 cm³/mol. The Morgan fingerprint density at radius 3 is 2.86 bits per heavy atom. The second-order valence-corrected chi connectivity index (χ2v) is 2.90. The van der Waals surface area contributed by atoms with Crippen molar-refractivity contribution < 1.29 is 18.0 Å². The van der Waals surface area contributed by atoms with E-state index in [1.807, 2.05) is 0 Å². The van der Waals surface area contributed by atoms with E-state index in [9.17, 15) is 18.0 Å². The molecule has 1 aromatic heterocycles. The van der Waals surface area contributed by atoms with E-state index < -0.39 is 17.9 Å². The molecule has 0 spiro atoms. The summed E-state index contributed by atoms with van der Waals surface area (Å²) < 4.78 is 36.7. The zero-order valence-corrected chi connectivity index (χ0v) is 6.93. The summed E-state index contributed by atoms with van der Waals surface area (Å²) in [6, 6.07) is 0. The molecule has 2 rings (SSSR count). The van der Waals surface area contributed by atoms with E-state index in [2.05, 4.69) is 10.4 Å². The standard InChI is InChI=1S/C7H6F3N3O/c8-7(9,10)13-5-4(3-12-13)1-2-11-6(5)14/h3H,1-2H2,(H,11,14). The molecule has 0 aliphatic carbocycles. The fourth-order valence-electron chi connectivity index (χ4n) is 1.39. The minimum absolute atomic E-state index is 0.198. The van der Waals surface area contributed by atoms with Gasteiger partial charge in [0.25, 0.3) is 5.91 Å². The van der Waals surface area contributed by atoms with Crippen LogP contribution in [-0.4, -0.2) is 22.2 Å². The van der Waals surface area contributed by atoms with Crippen molar-refractivity contribution in [1.29, 1.82) is 0 Å². The molecule has 0 unspecified atom stereocenters. The number of carbonyl (C=O) groups is 1. The number of fused-ring (bicyclic) bond motifs is 1. The van der Waals surface area contributed by atoms with Crippen LogP contribution in [0.3, 0.4) is 0 Å². The Hall–Kier alpha value is -1.53. The molecular weight excluding hydrogens is 199 g/mol. The number of hydrogen-bond acceptors (Lipinski definition) is 2. The second kappa shape index (κ2) is 2.73. The van der Waals surface area contributed by atoms with Crippen molar-refractivity contribution >= 4 is 5.91 Å². The van der Waals surface area contributed by atoms with Crippen LogP contribution < -0.4 is 5.32 Å². The molecule has 0 radical (unpaired) electrons. The molecule has 1 amide bonds. The fraction of sp³-hybridized carbons (Fsp3) is 0.429. The van der Waals surface area contributed by atoms with Crippen LogP contribution in [0.1, 0.15) is 16.1 Å². The fourth-order valence-corrected chi connectivity index (χ4v) is 1.39. The first-order chi connectivity index (χ1) is 6.50. The third kappa shape index (κ3) is 1.24. The number of halogens is 3. The normalized spacial score (nSPS) is 16.4. The van der Waals surface area contributed by atoms with Crippen molar-refractivity contribution in [3.63, 3.8) is 0 Å². The summed E-state index contributed by atoms with van der Waals surface area (Å²) in [6.07, 6.45) is -3.17. The van der Waals surface area contributed by atoms with Crippen molar-refractivity contribution in [2.45, 2.75) is 12.7 Å². The van der Waals surface area contributed by atoms with Crippen LogP contribution in [-0.2, 0) is 12.7 Å². The van der Waals surface area contributed by atoms with E-state index in [1.165, 1.54) is 0 Å². The Morgan fingerprint density at radius 2 is 2.21 bits per heavy atom. The largest absolute Gasteiger partial charge is 0.505 e. The van der Waals surface area contributed by atoms with Crippen molar-refractivity contribution in [3.8, 4) is 0 Å². The van der Waals surface area contributed by atoms with E-state index in [0.29, 0.717) is 18.5 Å². The molecule has 0 saturated heterocycles. The molecule has 76 valence electrons. The van der Waals surface area contributed by atoms with Crippen LogP contribution in [0, 0.1) is 0 Å². The molecule has 14 heavy (non-hydrogen) atoms. The first-order valence-electron chi connectivity index (χ1n) is 3.92. The maximum Gasteiger partial charge on any atom is 0.505 e. The molecular formula is C7H6F3N3O. The quantitative estimate of drug-likeness (QED) is 0.675. The van der Waals surface area contributed by atoms with Gasteiger partial charge in [-0.15, -0.1) is 13.2 Å². The van der Waals surface area contributed by atoms with E-state index in [1.54, 1.807) is 0 Å². The number of rotatable bonds is 0. The highest BCUT2D eigenvalue weighted by Gasteiger charge is 2.38. The Kier molecular flexibility index (Phi) is 1.76. The van der Waals surface area contributed by atoms with Crippen LogP contribution in [0.25, 0.3) is 0 Å².